The molecule has 1 aromatic heterocycles. The molecule has 30 heavy (non-hydrogen) atoms. The highest BCUT2D eigenvalue weighted by molar-refractivity contribution is 6.11. The van der Waals surface area contributed by atoms with Crippen LogP contribution in [0.3, 0.4) is 0 Å². The number of amides is 2. The fourth-order valence-electron chi connectivity index (χ4n) is 3.26. The number of nitrogens with one attached hydrogen (secondary N) is 1. The normalized spacial score (nSPS) is 13.5. The molecule has 0 saturated heterocycles. The van der Waals surface area contributed by atoms with Gasteiger partial charge in [-0.1, -0.05) is 24.8 Å². The molecular formula is C21H15F3N4O2. The van der Waals surface area contributed by atoms with Gasteiger partial charge in [-0.15, -0.1) is 0 Å². The summed E-state index contributed by atoms with van der Waals surface area (Å²) in [6.45, 7) is 3.47. The second-order valence-corrected chi connectivity index (χ2v) is 6.61. The standard InChI is InChI=1S/C21H15F3N4O2/c1-13-15-5-2-3-6-16(15)20(30)27(13)12-19(29)26-17-11-14(21(22,23)24)7-8-18(17)28-10-4-9-25-28/h2-11H,1,12H2,(H,26,29). The zero-order valence-corrected chi connectivity index (χ0v) is 15.5. The highest BCUT2D eigenvalue weighted by Gasteiger charge is 2.33. The smallest absolute Gasteiger partial charge is 0.323 e. The molecule has 2 amide bonds. The van der Waals surface area contributed by atoms with Crippen LogP contribution in [0.4, 0.5) is 18.9 Å². The van der Waals surface area contributed by atoms with Gasteiger partial charge in [0.05, 0.1) is 16.9 Å². The third-order valence-electron chi connectivity index (χ3n) is 4.69. The van der Waals surface area contributed by atoms with Gasteiger partial charge in [-0.05, 0) is 30.3 Å². The fourth-order valence-corrected chi connectivity index (χ4v) is 3.26. The van der Waals surface area contributed by atoms with E-state index in [1.165, 1.54) is 21.8 Å². The van der Waals surface area contributed by atoms with E-state index in [1.54, 1.807) is 36.5 Å². The number of carbonyl (C=O) groups is 2. The van der Waals surface area contributed by atoms with Gasteiger partial charge in [0.25, 0.3) is 5.91 Å². The molecule has 0 aliphatic carbocycles. The molecule has 152 valence electrons. The monoisotopic (exact) mass is 412 g/mol. The van der Waals surface area contributed by atoms with Crippen molar-refractivity contribution in [2.75, 3.05) is 11.9 Å². The molecule has 0 spiro atoms. The lowest BCUT2D eigenvalue weighted by atomic mass is 10.1. The van der Waals surface area contributed by atoms with Crippen LogP contribution in [-0.2, 0) is 11.0 Å². The summed E-state index contributed by atoms with van der Waals surface area (Å²) in [4.78, 5) is 26.4. The summed E-state index contributed by atoms with van der Waals surface area (Å²) in [6, 6.07) is 11.4. The van der Waals surface area contributed by atoms with E-state index in [1.807, 2.05) is 0 Å². The molecule has 0 fully saturated rings. The van der Waals surface area contributed by atoms with Crippen molar-refractivity contribution in [1.29, 1.82) is 0 Å². The second-order valence-electron chi connectivity index (χ2n) is 6.61. The maximum Gasteiger partial charge on any atom is 0.416 e. The molecule has 0 unspecified atom stereocenters. The van der Waals surface area contributed by atoms with E-state index in [9.17, 15) is 22.8 Å². The Hall–Kier alpha value is -3.88. The van der Waals surface area contributed by atoms with Gasteiger partial charge in [0.2, 0.25) is 5.91 Å². The Morgan fingerprint density at radius 1 is 1.10 bits per heavy atom. The Morgan fingerprint density at radius 3 is 2.47 bits per heavy atom. The van der Waals surface area contributed by atoms with Crippen molar-refractivity contribution >= 4 is 23.2 Å². The van der Waals surface area contributed by atoms with Gasteiger partial charge in [0, 0.05) is 29.2 Å². The lowest BCUT2D eigenvalue weighted by Gasteiger charge is -2.19. The molecule has 3 aromatic rings. The van der Waals surface area contributed by atoms with Crippen molar-refractivity contribution < 1.29 is 22.8 Å². The van der Waals surface area contributed by atoms with Crippen LogP contribution in [-0.4, -0.2) is 33.0 Å². The molecule has 6 nitrogen and oxygen atoms in total. The number of aromatic nitrogens is 2. The summed E-state index contributed by atoms with van der Waals surface area (Å²) in [6.07, 6.45) is -1.57. The average Bonchev–Trinajstić information content (AvgIpc) is 3.31. The quantitative estimate of drug-likeness (QED) is 0.706. The van der Waals surface area contributed by atoms with Gasteiger partial charge >= 0.3 is 6.18 Å². The molecular weight excluding hydrogens is 397 g/mol. The van der Waals surface area contributed by atoms with Crippen LogP contribution in [0.5, 0.6) is 0 Å². The molecule has 0 radical (unpaired) electrons. The highest BCUT2D eigenvalue weighted by Crippen LogP contribution is 2.34. The van der Waals surface area contributed by atoms with Crippen molar-refractivity contribution in [3.05, 3.63) is 84.2 Å². The Morgan fingerprint density at radius 2 is 1.83 bits per heavy atom. The van der Waals surface area contributed by atoms with Gasteiger partial charge in [-0.25, -0.2) is 4.68 Å². The molecule has 9 heteroatoms. The number of halogens is 3. The predicted molar refractivity (Wildman–Crippen MR) is 104 cm³/mol. The third kappa shape index (κ3) is 3.45. The van der Waals surface area contributed by atoms with E-state index in [4.69, 9.17) is 0 Å². The molecule has 0 atom stereocenters. The van der Waals surface area contributed by atoms with Gasteiger partial charge in [-0.3, -0.25) is 14.5 Å². The number of fused-ring (bicyclic) bond motifs is 1. The molecule has 2 heterocycles. The highest BCUT2D eigenvalue weighted by atomic mass is 19.4. The summed E-state index contributed by atoms with van der Waals surface area (Å²) in [7, 11) is 0. The van der Waals surface area contributed by atoms with Crippen molar-refractivity contribution in [2.45, 2.75) is 6.18 Å². The number of hydrogen-bond donors (Lipinski definition) is 1. The van der Waals surface area contributed by atoms with E-state index >= 15 is 0 Å². The number of hydrogen-bond acceptors (Lipinski definition) is 3. The fraction of sp³-hybridized carbons (Fsp3) is 0.0952. The van der Waals surface area contributed by atoms with Crippen molar-refractivity contribution in [2.24, 2.45) is 0 Å². The first-order valence-electron chi connectivity index (χ1n) is 8.87. The number of anilines is 1. The Kier molecular flexibility index (Phi) is 4.65. The SMILES string of the molecule is C=C1c2ccccc2C(=O)N1CC(=O)Nc1cc(C(F)(F)F)ccc1-n1cccn1. The molecule has 1 aliphatic rings. The zero-order chi connectivity index (χ0) is 21.5. The van der Waals surface area contributed by atoms with Crippen molar-refractivity contribution in [3.8, 4) is 5.69 Å². The van der Waals surface area contributed by atoms with Crippen LogP contribution in [0, 0.1) is 0 Å². The van der Waals surface area contributed by atoms with E-state index in [0.29, 0.717) is 16.8 Å². The minimum Gasteiger partial charge on any atom is -0.323 e. The minimum atomic E-state index is -4.58. The van der Waals surface area contributed by atoms with Crippen LogP contribution < -0.4 is 5.32 Å². The van der Waals surface area contributed by atoms with E-state index < -0.39 is 17.6 Å². The van der Waals surface area contributed by atoms with Gasteiger partial charge < -0.3 is 5.32 Å². The summed E-state index contributed by atoms with van der Waals surface area (Å²) in [5.41, 5.74) is 0.674. The molecule has 2 aromatic carbocycles. The Labute approximate surface area is 169 Å². The summed E-state index contributed by atoms with van der Waals surface area (Å²) in [5.74, 6) is -1.05. The lowest BCUT2D eigenvalue weighted by molar-refractivity contribution is -0.137. The van der Waals surface area contributed by atoms with Crippen molar-refractivity contribution in [1.82, 2.24) is 14.7 Å². The number of rotatable bonds is 4. The minimum absolute atomic E-state index is 0.0757. The van der Waals surface area contributed by atoms with E-state index in [2.05, 4.69) is 17.0 Å². The van der Waals surface area contributed by atoms with Crippen LogP contribution in [0.1, 0.15) is 21.5 Å². The number of benzene rings is 2. The van der Waals surface area contributed by atoms with Crippen LogP contribution >= 0.6 is 0 Å². The van der Waals surface area contributed by atoms with Crippen LogP contribution in [0.15, 0.2) is 67.5 Å². The first kappa shape index (κ1) is 19.4. The maximum atomic E-state index is 13.2. The zero-order valence-electron chi connectivity index (χ0n) is 15.5. The number of nitrogens with zero attached hydrogens (tertiary/aromatic N) is 3. The van der Waals surface area contributed by atoms with Crippen LogP contribution in [0.2, 0.25) is 0 Å². The topological polar surface area (TPSA) is 67.2 Å². The summed E-state index contributed by atoms with van der Waals surface area (Å²) < 4.78 is 40.8. The molecule has 1 aliphatic heterocycles. The largest absolute Gasteiger partial charge is 0.416 e. The van der Waals surface area contributed by atoms with Gasteiger partial charge in [0.15, 0.2) is 0 Å². The lowest BCUT2D eigenvalue weighted by Crippen LogP contribution is -2.33. The molecule has 0 bridgehead atoms. The average molecular weight is 412 g/mol. The number of carbonyl (C=O) groups excluding carboxylic acids is 2. The first-order valence-corrected chi connectivity index (χ1v) is 8.87. The predicted octanol–water partition coefficient (Wildman–Crippen LogP) is 3.96. The Balaban J connectivity index is 1.60. The molecule has 0 saturated carbocycles. The van der Waals surface area contributed by atoms with Crippen LogP contribution in [0.25, 0.3) is 11.4 Å². The van der Waals surface area contributed by atoms with E-state index in [-0.39, 0.29) is 23.8 Å². The van der Waals surface area contributed by atoms with Crippen molar-refractivity contribution in [3.63, 3.8) is 0 Å². The second kappa shape index (κ2) is 7.18. The molecule has 4 rings (SSSR count). The Bertz CT molecular complexity index is 1120. The third-order valence-corrected chi connectivity index (χ3v) is 4.69. The van der Waals surface area contributed by atoms with Gasteiger partial charge in [0.1, 0.15) is 6.54 Å². The van der Waals surface area contributed by atoms with E-state index in [0.717, 1.165) is 12.1 Å². The maximum absolute atomic E-state index is 13.2. The molecule has 1 N–H and O–H groups in total. The first-order chi connectivity index (χ1) is 14.3. The summed E-state index contributed by atoms with van der Waals surface area (Å²) in [5, 5.41) is 6.48. The van der Waals surface area contributed by atoms with Gasteiger partial charge in [-0.2, -0.15) is 18.3 Å². The summed E-state index contributed by atoms with van der Waals surface area (Å²) >= 11 is 0. The number of alkyl halides is 3.